The average Bonchev–Trinajstić information content (AvgIpc) is 1.65. The molecule has 8 heterocycles. The van der Waals surface area contributed by atoms with Gasteiger partial charge in [0.2, 0.25) is 0 Å². The minimum Gasteiger partial charge on any atom is -0.492 e. The number of nitrogens with two attached hydrogens (primary N) is 3. The van der Waals surface area contributed by atoms with E-state index in [-0.39, 0.29) is 34.0 Å². The molecule has 6 aliphatic heterocycles. The zero-order valence-electron chi connectivity index (χ0n) is 53.3. The number of aromatic nitrogens is 2. The molecule has 2 aromatic heterocycles. The molecule has 3 fully saturated rings. The van der Waals surface area contributed by atoms with E-state index in [1.807, 2.05) is 100 Å². The van der Waals surface area contributed by atoms with Crippen LogP contribution in [0, 0.1) is 6.92 Å². The van der Waals surface area contributed by atoms with Gasteiger partial charge >= 0.3 is 6.18 Å². The Kier molecular flexibility index (Phi) is 17.3. The lowest BCUT2D eigenvalue weighted by Crippen LogP contribution is -2.46. The number of furan rings is 1. The van der Waals surface area contributed by atoms with Crippen molar-refractivity contribution < 1.29 is 46.2 Å². The lowest BCUT2D eigenvalue weighted by Gasteiger charge is -2.38. The van der Waals surface area contributed by atoms with Crippen LogP contribution in [0.3, 0.4) is 0 Å². The van der Waals surface area contributed by atoms with Crippen LogP contribution in [0.15, 0.2) is 180 Å². The third kappa shape index (κ3) is 12.2. The van der Waals surface area contributed by atoms with Crippen molar-refractivity contribution >= 4 is 51.3 Å². The fraction of sp³-hybridized carbons (Fsp3) is 0.299. The van der Waals surface area contributed by atoms with Crippen molar-refractivity contribution in [1.82, 2.24) is 24.3 Å². The van der Waals surface area contributed by atoms with Gasteiger partial charge in [-0.25, -0.2) is 4.98 Å². The molecule has 492 valence electrons. The molecular weight excluding hydrogens is 1240 g/mol. The second-order valence-corrected chi connectivity index (χ2v) is 26.6. The van der Waals surface area contributed by atoms with Crippen molar-refractivity contribution in [3.8, 4) is 34.1 Å². The van der Waals surface area contributed by atoms with E-state index >= 15 is 0 Å². The van der Waals surface area contributed by atoms with Crippen LogP contribution in [0.5, 0.6) is 17.2 Å². The highest BCUT2D eigenvalue weighted by Crippen LogP contribution is 2.49. The predicted molar refractivity (Wildman–Crippen MR) is 364 cm³/mol. The maximum absolute atomic E-state index is 13.4. The van der Waals surface area contributed by atoms with Gasteiger partial charge in [0.1, 0.15) is 28.7 Å². The van der Waals surface area contributed by atoms with Crippen molar-refractivity contribution in [3.05, 3.63) is 243 Å². The SMILES string of the molecule is Cc1nc2cc(C(=O)N3CCC4(CC3)COc3ccc(CN)cc34)ccc2n1-c1ccccc1.NCc1ccc2c(c1)C1(CCN(C(=O)c3cc4cc(Cl)ccc4o3)CC1)CO2.NCc1ccc2c(c1)C1(CCN(C(=O)c3ccc(-c4cccc(C(F)(F)F)c4)cc3)CC1)CO2. The van der Waals surface area contributed by atoms with E-state index in [1.54, 1.807) is 48.5 Å². The molecule has 0 saturated carbocycles. The Balaban J connectivity index is 0.000000124. The van der Waals surface area contributed by atoms with E-state index in [1.165, 1.54) is 22.8 Å². The van der Waals surface area contributed by atoms with Gasteiger partial charge in [-0.1, -0.05) is 90.5 Å². The Hall–Kier alpha value is -9.46. The maximum atomic E-state index is 13.4. The molecular formula is C77H74ClF3N8O7. The van der Waals surface area contributed by atoms with Crippen molar-refractivity contribution in [2.45, 2.75) is 87.5 Å². The Morgan fingerprint density at radius 1 is 0.510 bits per heavy atom. The normalized spacial score (nSPS) is 17.0. The third-order valence-electron chi connectivity index (χ3n) is 20.5. The largest absolute Gasteiger partial charge is 0.492 e. The number of halogens is 4. The van der Waals surface area contributed by atoms with Gasteiger partial charge < -0.3 is 50.5 Å². The number of aryl methyl sites for hydroxylation is 1. The Bertz CT molecular complexity index is 4590. The minimum absolute atomic E-state index is 0.0210. The van der Waals surface area contributed by atoms with E-state index in [0.717, 1.165) is 113 Å². The molecule has 3 spiro atoms. The number of rotatable bonds is 8. The summed E-state index contributed by atoms with van der Waals surface area (Å²) in [4.78, 5) is 49.9. The first-order valence-corrected chi connectivity index (χ1v) is 33.1. The molecule has 96 heavy (non-hydrogen) atoms. The molecule has 3 amide bonds. The average molecular weight is 1320 g/mol. The van der Waals surface area contributed by atoms with Crippen molar-refractivity contribution in [3.63, 3.8) is 0 Å². The summed E-state index contributed by atoms with van der Waals surface area (Å²) in [5.74, 6) is 4.01. The van der Waals surface area contributed by atoms with Crippen LogP contribution in [0.25, 0.3) is 38.8 Å². The number of carbonyl (C=O) groups is 3. The molecule has 15 nitrogen and oxygen atoms in total. The number of carbonyl (C=O) groups excluding carboxylic acids is 3. The van der Waals surface area contributed by atoms with Gasteiger partial charge in [0.15, 0.2) is 5.76 Å². The topological polar surface area (TPSA) is 198 Å². The molecule has 6 aliphatic rings. The van der Waals surface area contributed by atoms with Crippen LogP contribution in [-0.4, -0.2) is 101 Å². The monoisotopic (exact) mass is 1310 g/mol. The number of ether oxygens (including phenoxy) is 3. The summed E-state index contributed by atoms with van der Waals surface area (Å²) < 4.78 is 64.9. The smallest absolute Gasteiger partial charge is 0.416 e. The van der Waals surface area contributed by atoms with Crippen LogP contribution in [0.2, 0.25) is 5.02 Å². The molecule has 0 bridgehead atoms. The summed E-state index contributed by atoms with van der Waals surface area (Å²) in [6.07, 6.45) is 0.740. The fourth-order valence-electron chi connectivity index (χ4n) is 14.8. The number of hydrogen-bond acceptors (Lipinski definition) is 11. The highest BCUT2D eigenvalue weighted by atomic mass is 35.5. The summed E-state index contributed by atoms with van der Waals surface area (Å²) >= 11 is 6.03. The van der Waals surface area contributed by atoms with Crippen LogP contribution >= 0.6 is 11.6 Å². The third-order valence-corrected chi connectivity index (χ3v) is 20.8. The van der Waals surface area contributed by atoms with Gasteiger partial charge in [0.25, 0.3) is 17.7 Å². The molecule has 19 heteroatoms. The Labute approximate surface area is 559 Å². The molecule has 3 saturated heterocycles. The van der Waals surface area contributed by atoms with Crippen molar-refractivity contribution in [2.75, 3.05) is 59.1 Å². The Morgan fingerprint density at radius 2 is 1.00 bits per heavy atom. The number of fused-ring (bicyclic) bond motifs is 8. The predicted octanol–water partition coefficient (Wildman–Crippen LogP) is 13.9. The minimum atomic E-state index is -4.39. The number of nitrogens with zero attached hydrogens (tertiary/aromatic N) is 5. The molecule has 8 aromatic carbocycles. The first-order valence-electron chi connectivity index (χ1n) is 32.7. The first-order chi connectivity index (χ1) is 46.4. The number of benzene rings is 8. The van der Waals surface area contributed by atoms with Crippen LogP contribution in [0.1, 0.15) is 115 Å². The quantitative estimate of drug-likeness (QED) is 0.131. The van der Waals surface area contributed by atoms with Gasteiger partial charge in [-0.2, -0.15) is 13.2 Å². The van der Waals surface area contributed by atoms with Crippen molar-refractivity contribution in [1.29, 1.82) is 0 Å². The van der Waals surface area contributed by atoms with Gasteiger partial charge in [-0.3, -0.25) is 19.0 Å². The number of para-hydroxylation sites is 1. The number of alkyl halides is 3. The van der Waals surface area contributed by atoms with E-state index in [4.69, 9.17) is 52.4 Å². The van der Waals surface area contributed by atoms with Crippen LogP contribution < -0.4 is 31.4 Å². The number of imidazole rings is 1. The Morgan fingerprint density at radius 3 is 1.50 bits per heavy atom. The molecule has 0 atom stereocenters. The van der Waals surface area contributed by atoms with E-state index in [0.29, 0.717) is 117 Å². The summed E-state index contributed by atoms with van der Waals surface area (Å²) in [6.45, 7) is 9.48. The summed E-state index contributed by atoms with van der Waals surface area (Å²) in [5.41, 5.74) is 29.6. The maximum Gasteiger partial charge on any atom is 0.416 e. The second-order valence-electron chi connectivity index (χ2n) is 26.2. The number of hydrogen-bond donors (Lipinski definition) is 3. The number of piperidine rings is 3. The summed E-state index contributed by atoms with van der Waals surface area (Å²) in [5, 5.41) is 1.47. The number of amides is 3. The lowest BCUT2D eigenvalue weighted by atomic mass is 9.74. The molecule has 16 rings (SSSR count). The molecule has 6 N–H and O–H groups in total. The molecule has 10 aromatic rings. The van der Waals surface area contributed by atoms with Crippen molar-refractivity contribution in [2.24, 2.45) is 17.2 Å². The first kappa shape index (κ1) is 63.9. The highest BCUT2D eigenvalue weighted by molar-refractivity contribution is 6.31. The fourth-order valence-corrected chi connectivity index (χ4v) is 15.0. The lowest BCUT2D eigenvalue weighted by molar-refractivity contribution is -0.137. The summed E-state index contributed by atoms with van der Waals surface area (Å²) in [7, 11) is 0. The van der Waals surface area contributed by atoms with Crippen LogP contribution in [-0.2, 0) is 42.1 Å². The highest BCUT2D eigenvalue weighted by Gasteiger charge is 2.47. The standard InChI is InChI=1S/C28H28N4O2.C27H25F3N2O2.C22H21ClN2O3/c1-19-30-24-16-21(8-9-25(24)32(19)22-5-3-2-4-6-22)27(33)31-13-11-28(12-14-31)18-34-26-10-7-20(17-29)15-23(26)28;28-27(29,30)22-3-1-2-21(15-22)19-5-7-20(8-6-19)25(33)32-12-10-26(11-13-32)17-34-24-9-4-18(16-31)14-23(24)26;23-16-2-4-18-15(10-16)11-20(28-18)21(26)25-7-5-22(6-8-25)13-27-19-3-1-14(12-24)9-17(19)22/h2-10,15-16H,11-14,17-18,29H2,1H3;1-9,14-15H,10-13,16-17,31H2;1-4,9-11H,5-8,12-13,24H2. The van der Waals surface area contributed by atoms with Gasteiger partial charge in [-0.05, 0) is 170 Å². The number of likely N-dealkylation sites (tertiary alicyclic amines) is 3. The molecule has 0 unspecified atom stereocenters. The van der Waals surface area contributed by atoms with E-state index in [2.05, 4.69) is 34.9 Å². The molecule has 0 aliphatic carbocycles. The van der Waals surface area contributed by atoms with Gasteiger partial charge in [-0.15, -0.1) is 0 Å². The van der Waals surface area contributed by atoms with E-state index < -0.39 is 11.7 Å². The van der Waals surface area contributed by atoms with E-state index in [9.17, 15) is 27.6 Å². The van der Waals surface area contributed by atoms with Crippen LogP contribution in [0.4, 0.5) is 13.2 Å². The van der Waals surface area contributed by atoms with Gasteiger partial charge in [0, 0.05) is 119 Å². The second kappa shape index (κ2) is 25.9. The van der Waals surface area contributed by atoms with Gasteiger partial charge in [0.05, 0.1) is 36.4 Å². The molecule has 0 radical (unpaired) electrons. The summed E-state index contributed by atoms with van der Waals surface area (Å²) in [6, 6.07) is 53.7. The zero-order valence-corrected chi connectivity index (χ0v) is 54.1. The zero-order chi connectivity index (χ0) is 66.5.